The maximum atomic E-state index is 12.8. The summed E-state index contributed by atoms with van der Waals surface area (Å²) in [6.07, 6.45) is 0.399. The number of carbonyl (C=O) groups is 1. The summed E-state index contributed by atoms with van der Waals surface area (Å²) in [5.41, 5.74) is 7.05. The van der Waals surface area contributed by atoms with Crippen LogP contribution in [0, 0.1) is 17.8 Å². The largest absolute Gasteiger partial charge is 0.573 e. The van der Waals surface area contributed by atoms with E-state index in [4.69, 9.17) is 5.73 Å². The third kappa shape index (κ3) is 4.50. The Bertz CT molecular complexity index is 619. The number of hydrogen-bond donors (Lipinski definition) is 1. The minimum atomic E-state index is -4.70. The molecule has 2 aliphatic rings. The van der Waals surface area contributed by atoms with Crippen molar-refractivity contribution in [3.63, 3.8) is 0 Å². The first-order valence-electron chi connectivity index (χ1n) is 9.08. The molecule has 2 bridgehead atoms. The average molecular weight is 370 g/mol. The molecule has 0 aromatic heterocycles. The topological polar surface area (TPSA) is 55.6 Å². The van der Waals surface area contributed by atoms with Gasteiger partial charge in [0.1, 0.15) is 5.75 Å². The van der Waals surface area contributed by atoms with Crippen molar-refractivity contribution in [1.29, 1.82) is 0 Å². The van der Waals surface area contributed by atoms with Gasteiger partial charge in [-0.25, -0.2) is 0 Å². The van der Waals surface area contributed by atoms with Crippen LogP contribution in [0.25, 0.3) is 0 Å². The van der Waals surface area contributed by atoms with E-state index in [0.717, 1.165) is 31.2 Å². The van der Waals surface area contributed by atoms with Crippen LogP contribution in [0.3, 0.4) is 0 Å². The molecule has 2 N–H and O–H groups in total. The van der Waals surface area contributed by atoms with E-state index in [1.807, 2.05) is 0 Å². The third-order valence-electron chi connectivity index (χ3n) is 5.72. The Morgan fingerprint density at radius 1 is 1.19 bits per heavy atom. The van der Waals surface area contributed by atoms with Gasteiger partial charge in [0.2, 0.25) is 5.91 Å². The van der Waals surface area contributed by atoms with Crippen LogP contribution in [0.5, 0.6) is 5.75 Å². The Balaban J connectivity index is 1.57. The first-order chi connectivity index (χ1) is 12.2. The van der Waals surface area contributed by atoms with Crippen molar-refractivity contribution in [2.75, 3.05) is 7.05 Å². The van der Waals surface area contributed by atoms with Crippen LogP contribution in [0.1, 0.15) is 37.7 Å². The molecule has 1 aromatic carbocycles. The highest BCUT2D eigenvalue weighted by Crippen LogP contribution is 2.42. The first-order valence-corrected chi connectivity index (χ1v) is 9.08. The number of carbonyl (C=O) groups excluding carboxylic acids is 1. The summed E-state index contributed by atoms with van der Waals surface area (Å²) in [6, 6.07) is 5.86. The molecule has 2 fully saturated rings. The highest BCUT2D eigenvalue weighted by molar-refractivity contribution is 5.78. The smallest absolute Gasteiger partial charge is 0.406 e. The van der Waals surface area contributed by atoms with E-state index in [1.165, 1.54) is 18.6 Å². The lowest BCUT2D eigenvalue weighted by Crippen LogP contribution is -2.49. The van der Waals surface area contributed by atoms with E-state index in [9.17, 15) is 18.0 Å². The number of halogens is 3. The summed E-state index contributed by atoms with van der Waals surface area (Å²) in [5.74, 6) is 0.712. The van der Waals surface area contributed by atoms with Gasteiger partial charge < -0.3 is 15.4 Å². The second-order valence-corrected chi connectivity index (χ2v) is 7.58. The fourth-order valence-corrected chi connectivity index (χ4v) is 4.45. The molecule has 2 unspecified atom stereocenters. The van der Waals surface area contributed by atoms with Crippen molar-refractivity contribution in [3.05, 3.63) is 29.8 Å². The lowest BCUT2D eigenvalue weighted by Gasteiger charge is -2.44. The number of benzene rings is 1. The van der Waals surface area contributed by atoms with E-state index in [2.05, 4.69) is 4.74 Å². The number of rotatable bonds is 4. The molecule has 0 radical (unpaired) electrons. The fourth-order valence-electron chi connectivity index (χ4n) is 4.45. The van der Waals surface area contributed by atoms with Crippen LogP contribution >= 0.6 is 0 Å². The highest BCUT2D eigenvalue weighted by atomic mass is 19.4. The highest BCUT2D eigenvalue weighted by Gasteiger charge is 2.41. The SMILES string of the molecule is CN(Cc1ccc(OC(F)(F)F)cc1)C(=O)C1CC2CCCC(C1)C2N. The zero-order valence-electron chi connectivity index (χ0n) is 14.8. The van der Waals surface area contributed by atoms with Gasteiger partial charge in [-0.1, -0.05) is 18.6 Å². The van der Waals surface area contributed by atoms with E-state index in [1.54, 1.807) is 24.1 Å². The molecule has 26 heavy (non-hydrogen) atoms. The van der Waals surface area contributed by atoms with Crippen molar-refractivity contribution in [1.82, 2.24) is 4.90 Å². The van der Waals surface area contributed by atoms with E-state index in [0.29, 0.717) is 18.4 Å². The number of nitrogens with two attached hydrogens (primary N) is 1. The Kier molecular flexibility index (Phi) is 5.46. The Morgan fingerprint density at radius 2 is 1.77 bits per heavy atom. The summed E-state index contributed by atoms with van der Waals surface area (Å²) in [7, 11) is 1.74. The van der Waals surface area contributed by atoms with Crippen LogP contribution in [-0.2, 0) is 11.3 Å². The van der Waals surface area contributed by atoms with Crippen molar-refractivity contribution in [3.8, 4) is 5.75 Å². The third-order valence-corrected chi connectivity index (χ3v) is 5.72. The standard InChI is InChI=1S/C19H25F3N2O2/c1-24(11-12-5-7-16(8-6-12)26-19(20,21)22)18(25)15-9-13-3-2-4-14(10-15)17(13)23/h5-8,13-15,17H,2-4,9-11,23H2,1H3. The number of fused-ring (bicyclic) bond motifs is 2. The zero-order valence-corrected chi connectivity index (χ0v) is 14.8. The van der Waals surface area contributed by atoms with Gasteiger partial charge >= 0.3 is 6.36 Å². The van der Waals surface area contributed by atoms with Crippen LogP contribution in [-0.4, -0.2) is 30.3 Å². The molecule has 1 amide bonds. The van der Waals surface area contributed by atoms with Gasteiger partial charge in [-0.2, -0.15) is 0 Å². The minimum absolute atomic E-state index is 0.00272. The molecule has 7 heteroatoms. The van der Waals surface area contributed by atoms with E-state index >= 15 is 0 Å². The predicted octanol–water partition coefficient (Wildman–Crippen LogP) is 3.70. The summed E-state index contributed by atoms with van der Waals surface area (Å²) < 4.78 is 40.5. The van der Waals surface area contributed by atoms with Gasteiger partial charge in [-0.3, -0.25) is 4.79 Å². The van der Waals surface area contributed by atoms with Crippen LogP contribution < -0.4 is 10.5 Å². The molecule has 2 aliphatic carbocycles. The second kappa shape index (κ2) is 7.47. The molecular weight excluding hydrogens is 345 g/mol. The molecule has 2 saturated carbocycles. The molecule has 144 valence electrons. The summed E-state index contributed by atoms with van der Waals surface area (Å²) >= 11 is 0. The van der Waals surface area contributed by atoms with E-state index < -0.39 is 6.36 Å². The molecule has 0 spiro atoms. The predicted molar refractivity (Wildman–Crippen MR) is 91.1 cm³/mol. The minimum Gasteiger partial charge on any atom is -0.406 e. The Labute approximate surface area is 151 Å². The summed E-state index contributed by atoms with van der Waals surface area (Å²) in [6.45, 7) is 0.364. The zero-order chi connectivity index (χ0) is 18.9. The lowest BCUT2D eigenvalue weighted by molar-refractivity contribution is -0.274. The second-order valence-electron chi connectivity index (χ2n) is 7.58. The molecule has 0 heterocycles. The van der Waals surface area contributed by atoms with Crippen molar-refractivity contribution >= 4 is 5.91 Å². The van der Waals surface area contributed by atoms with Crippen LogP contribution in [0.4, 0.5) is 13.2 Å². The van der Waals surface area contributed by atoms with Gasteiger partial charge in [0.05, 0.1) is 0 Å². The molecule has 1 aromatic rings. The van der Waals surface area contributed by atoms with Gasteiger partial charge in [-0.05, 0) is 55.2 Å². The molecule has 0 aliphatic heterocycles. The number of alkyl halides is 3. The average Bonchev–Trinajstić information content (AvgIpc) is 2.54. The molecule has 2 atom stereocenters. The van der Waals surface area contributed by atoms with Gasteiger partial charge in [0.15, 0.2) is 0 Å². The maximum Gasteiger partial charge on any atom is 0.573 e. The van der Waals surface area contributed by atoms with Crippen molar-refractivity contribution < 1.29 is 22.7 Å². The van der Waals surface area contributed by atoms with Gasteiger partial charge in [0, 0.05) is 25.6 Å². The normalized spacial score (nSPS) is 28.5. The van der Waals surface area contributed by atoms with Crippen molar-refractivity contribution in [2.24, 2.45) is 23.5 Å². The number of ether oxygens (including phenoxy) is 1. The first kappa shape index (κ1) is 19.0. The Hall–Kier alpha value is -1.76. The van der Waals surface area contributed by atoms with Gasteiger partial charge in [-0.15, -0.1) is 13.2 Å². The van der Waals surface area contributed by atoms with E-state index in [-0.39, 0.29) is 23.6 Å². The fraction of sp³-hybridized carbons (Fsp3) is 0.632. The number of nitrogens with zero attached hydrogens (tertiary/aromatic N) is 1. The molecule has 0 saturated heterocycles. The number of hydrogen-bond acceptors (Lipinski definition) is 3. The summed E-state index contributed by atoms with van der Waals surface area (Å²) in [5, 5.41) is 0. The van der Waals surface area contributed by atoms with Crippen LogP contribution in [0.2, 0.25) is 0 Å². The summed E-state index contributed by atoms with van der Waals surface area (Å²) in [4.78, 5) is 14.5. The Morgan fingerprint density at radius 3 is 2.31 bits per heavy atom. The molecular formula is C19H25F3N2O2. The maximum absolute atomic E-state index is 12.8. The quantitative estimate of drug-likeness (QED) is 0.879. The monoisotopic (exact) mass is 370 g/mol. The molecule has 4 nitrogen and oxygen atoms in total. The lowest BCUT2D eigenvalue weighted by atomic mass is 9.65. The van der Waals surface area contributed by atoms with Gasteiger partial charge in [0.25, 0.3) is 0 Å². The molecule has 3 rings (SSSR count). The number of amides is 1. The van der Waals surface area contributed by atoms with Crippen LogP contribution in [0.15, 0.2) is 24.3 Å². The van der Waals surface area contributed by atoms with Crippen molar-refractivity contribution in [2.45, 2.75) is 51.1 Å².